The van der Waals surface area contributed by atoms with Crippen LogP contribution in [0.2, 0.25) is 0 Å². The Morgan fingerprint density at radius 2 is 2.40 bits per heavy atom. The van der Waals surface area contributed by atoms with Gasteiger partial charge in [0.15, 0.2) is 0 Å². The first-order valence-electron chi connectivity index (χ1n) is 4.72. The summed E-state index contributed by atoms with van der Waals surface area (Å²) in [5, 5.41) is 0. The van der Waals surface area contributed by atoms with E-state index in [0.29, 0.717) is 14.3 Å². The van der Waals surface area contributed by atoms with Crippen LogP contribution >= 0.6 is 38.5 Å². The van der Waals surface area contributed by atoms with Crippen molar-refractivity contribution in [3.63, 3.8) is 0 Å². The van der Waals surface area contributed by atoms with Crippen LogP contribution in [-0.4, -0.2) is 27.9 Å². The third-order valence-electron chi connectivity index (χ3n) is 2.60. The van der Waals surface area contributed by atoms with E-state index in [0.717, 1.165) is 18.9 Å². The number of rotatable bonds is 1. The molecule has 0 saturated carbocycles. The molecule has 1 aromatic rings. The predicted octanol–water partition coefficient (Wildman–Crippen LogP) is 1.59. The first kappa shape index (κ1) is 11.4. The molecule has 0 aromatic carbocycles. The van der Waals surface area contributed by atoms with Crippen molar-refractivity contribution in [3.8, 4) is 0 Å². The van der Waals surface area contributed by atoms with E-state index in [9.17, 15) is 4.79 Å². The van der Waals surface area contributed by atoms with Gasteiger partial charge in [0, 0.05) is 17.9 Å². The van der Waals surface area contributed by atoms with Crippen LogP contribution in [0.5, 0.6) is 0 Å². The highest BCUT2D eigenvalue weighted by Gasteiger charge is 2.29. The first-order valence-corrected chi connectivity index (χ1v) is 6.71. The Labute approximate surface area is 110 Å². The lowest BCUT2D eigenvalue weighted by Gasteiger charge is -2.17. The van der Waals surface area contributed by atoms with Crippen molar-refractivity contribution < 1.29 is 0 Å². The maximum Gasteiger partial charge on any atom is 0.266 e. The largest absolute Gasteiger partial charge is 0.354 e. The van der Waals surface area contributed by atoms with Gasteiger partial charge in [-0.25, -0.2) is 4.98 Å². The average molecular weight is 384 g/mol. The zero-order valence-corrected chi connectivity index (χ0v) is 11.9. The standard InChI is InChI=1S/C9H11BrIN3O/c1-5-2-14(3-6(5)10)8-7(11)9(15)13-4-12-8/h4-6H,2-3H2,1H3,(H,12,13,15). The number of halogens is 2. The molecule has 2 atom stereocenters. The van der Waals surface area contributed by atoms with E-state index >= 15 is 0 Å². The Hall–Kier alpha value is -0.110. The molecule has 15 heavy (non-hydrogen) atoms. The second kappa shape index (κ2) is 4.40. The highest BCUT2D eigenvalue weighted by atomic mass is 127. The van der Waals surface area contributed by atoms with Crippen LogP contribution in [0.15, 0.2) is 11.1 Å². The third-order valence-corrected chi connectivity index (χ3v) is 4.76. The van der Waals surface area contributed by atoms with Crippen LogP contribution in [0.25, 0.3) is 0 Å². The molecule has 1 N–H and O–H groups in total. The van der Waals surface area contributed by atoms with Gasteiger partial charge >= 0.3 is 0 Å². The normalized spacial score (nSPS) is 25.9. The number of nitrogens with zero attached hydrogens (tertiary/aromatic N) is 2. The Morgan fingerprint density at radius 3 is 3.00 bits per heavy atom. The first-order chi connectivity index (χ1) is 7.09. The number of aromatic nitrogens is 2. The fourth-order valence-electron chi connectivity index (χ4n) is 1.69. The third kappa shape index (κ3) is 2.20. The average Bonchev–Trinajstić information content (AvgIpc) is 2.51. The molecule has 1 aliphatic heterocycles. The van der Waals surface area contributed by atoms with Gasteiger partial charge in [0.25, 0.3) is 5.56 Å². The Morgan fingerprint density at radius 1 is 1.67 bits per heavy atom. The molecule has 82 valence electrons. The fourth-order valence-corrected chi connectivity index (χ4v) is 2.85. The van der Waals surface area contributed by atoms with Crippen molar-refractivity contribution >= 4 is 44.3 Å². The topological polar surface area (TPSA) is 49.0 Å². The van der Waals surface area contributed by atoms with Crippen LogP contribution in [-0.2, 0) is 0 Å². The molecule has 2 rings (SSSR count). The summed E-state index contributed by atoms with van der Waals surface area (Å²) in [5.41, 5.74) is -0.0636. The maximum absolute atomic E-state index is 11.4. The van der Waals surface area contributed by atoms with Crippen molar-refractivity contribution in [2.24, 2.45) is 5.92 Å². The Kier molecular flexibility index (Phi) is 3.34. The molecule has 1 fully saturated rings. The molecule has 1 saturated heterocycles. The number of H-pyrrole nitrogens is 1. The molecule has 2 heterocycles. The minimum Gasteiger partial charge on any atom is -0.354 e. The fraction of sp³-hybridized carbons (Fsp3) is 0.556. The lowest BCUT2D eigenvalue weighted by atomic mass is 10.2. The van der Waals surface area contributed by atoms with Gasteiger partial charge in [0.1, 0.15) is 9.39 Å². The van der Waals surface area contributed by atoms with Gasteiger partial charge < -0.3 is 9.88 Å². The summed E-state index contributed by atoms with van der Waals surface area (Å²) in [7, 11) is 0. The maximum atomic E-state index is 11.4. The molecule has 4 nitrogen and oxygen atoms in total. The van der Waals surface area contributed by atoms with Crippen LogP contribution < -0.4 is 10.5 Å². The second-order valence-electron chi connectivity index (χ2n) is 3.77. The number of hydrogen-bond donors (Lipinski definition) is 1. The highest BCUT2D eigenvalue weighted by Crippen LogP contribution is 2.27. The Balaban J connectivity index is 2.32. The van der Waals surface area contributed by atoms with Crippen molar-refractivity contribution in [3.05, 3.63) is 20.3 Å². The molecule has 0 radical (unpaired) electrons. The van der Waals surface area contributed by atoms with Gasteiger partial charge in [0.2, 0.25) is 0 Å². The second-order valence-corrected chi connectivity index (χ2v) is 6.02. The van der Waals surface area contributed by atoms with E-state index in [1.54, 1.807) is 0 Å². The minimum absolute atomic E-state index is 0.0636. The SMILES string of the molecule is CC1CN(c2nc[nH]c(=O)c2I)CC1Br. The van der Waals surface area contributed by atoms with Crippen LogP contribution in [0.4, 0.5) is 5.82 Å². The van der Waals surface area contributed by atoms with Gasteiger partial charge in [-0.2, -0.15) is 0 Å². The van der Waals surface area contributed by atoms with E-state index in [4.69, 9.17) is 0 Å². The monoisotopic (exact) mass is 383 g/mol. The molecule has 1 aromatic heterocycles. The molecule has 0 bridgehead atoms. The summed E-state index contributed by atoms with van der Waals surface area (Å²) in [6.07, 6.45) is 1.46. The van der Waals surface area contributed by atoms with Gasteiger partial charge in [-0.15, -0.1) is 0 Å². The smallest absolute Gasteiger partial charge is 0.266 e. The van der Waals surface area contributed by atoms with Gasteiger partial charge in [-0.05, 0) is 28.5 Å². The molecule has 0 aliphatic carbocycles. The number of alkyl halides is 1. The van der Waals surface area contributed by atoms with E-state index in [1.165, 1.54) is 6.33 Å². The van der Waals surface area contributed by atoms with E-state index < -0.39 is 0 Å². The summed E-state index contributed by atoms with van der Waals surface area (Å²) >= 11 is 5.67. The quantitative estimate of drug-likeness (QED) is 0.591. The summed E-state index contributed by atoms with van der Waals surface area (Å²) in [6, 6.07) is 0. The zero-order chi connectivity index (χ0) is 11.0. The van der Waals surface area contributed by atoms with E-state index in [2.05, 4.69) is 37.7 Å². The molecular weight excluding hydrogens is 373 g/mol. The molecule has 2 unspecified atom stereocenters. The lowest BCUT2D eigenvalue weighted by Crippen LogP contribution is -2.25. The summed E-state index contributed by atoms with van der Waals surface area (Å²) in [4.78, 5) is 20.9. The molecular formula is C9H11BrIN3O. The number of nitrogens with one attached hydrogen (secondary N) is 1. The minimum atomic E-state index is -0.0636. The summed E-state index contributed by atoms with van der Waals surface area (Å²) < 4.78 is 0.670. The molecule has 0 spiro atoms. The summed E-state index contributed by atoms with van der Waals surface area (Å²) in [5.74, 6) is 1.38. The van der Waals surface area contributed by atoms with Crippen LogP contribution in [0, 0.1) is 9.49 Å². The van der Waals surface area contributed by atoms with Crippen molar-refractivity contribution in [2.75, 3.05) is 18.0 Å². The molecule has 0 amide bonds. The van der Waals surface area contributed by atoms with Crippen molar-refractivity contribution in [1.82, 2.24) is 9.97 Å². The number of aromatic amines is 1. The zero-order valence-electron chi connectivity index (χ0n) is 8.20. The molecule has 1 aliphatic rings. The van der Waals surface area contributed by atoms with Crippen LogP contribution in [0.1, 0.15) is 6.92 Å². The summed E-state index contributed by atoms with van der Waals surface area (Å²) in [6.45, 7) is 4.05. The van der Waals surface area contributed by atoms with Crippen molar-refractivity contribution in [1.29, 1.82) is 0 Å². The van der Waals surface area contributed by atoms with Crippen molar-refractivity contribution in [2.45, 2.75) is 11.8 Å². The van der Waals surface area contributed by atoms with Crippen LogP contribution in [0.3, 0.4) is 0 Å². The van der Waals surface area contributed by atoms with E-state index in [-0.39, 0.29) is 5.56 Å². The predicted molar refractivity (Wildman–Crippen MR) is 71.7 cm³/mol. The molecule has 6 heteroatoms. The van der Waals surface area contributed by atoms with Gasteiger partial charge in [-0.1, -0.05) is 22.9 Å². The van der Waals surface area contributed by atoms with E-state index in [1.807, 2.05) is 22.6 Å². The Bertz CT molecular complexity index is 412. The van der Waals surface area contributed by atoms with Gasteiger partial charge in [0.05, 0.1) is 6.33 Å². The number of hydrogen-bond acceptors (Lipinski definition) is 3. The highest BCUT2D eigenvalue weighted by molar-refractivity contribution is 14.1. The van der Waals surface area contributed by atoms with Gasteiger partial charge in [-0.3, -0.25) is 4.79 Å². The number of anilines is 1. The lowest BCUT2D eigenvalue weighted by molar-refractivity contribution is 0.678.